The number of fused-ring (bicyclic) bond motifs is 1. The van der Waals surface area contributed by atoms with Gasteiger partial charge in [-0.25, -0.2) is 0 Å². The van der Waals surface area contributed by atoms with Crippen LogP contribution >= 0.6 is 15.9 Å². The van der Waals surface area contributed by atoms with Crippen LogP contribution in [0.5, 0.6) is 5.75 Å². The van der Waals surface area contributed by atoms with Gasteiger partial charge >= 0.3 is 0 Å². The lowest BCUT2D eigenvalue weighted by Crippen LogP contribution is -2.27. The predicted octanol–water partition coefficient (Wildman–Crippen LogP) is 3.09. The molecule has 0 saturated carbocycles. The molecule has 1 amide bonds. The van der Waals surface area contributed by atoms with E-state index < -0.39 is 0 Å². The van der Waals surface area contributed by atoms with Crippen LogP contribution in [0.3, 0.4) is 0 Å². The summed E-state index contributed by atoms with van der Waals surface area (Å²) in [6, 6.07) is 7.25. The Morgan fingerprint density at radius 3 is 2.96 bits per heavy atom. The Morgan fingerprint density at radius 1 is 1.39 bits per heavy atom. The number of aromatic nitrogens is 1. The van der Waals surface area contributed by atoms with Crippen molar-refractivity contribution in [3.05, 3.63) is 51.8 Å². The summed E-state index contributed by atoms with van der Waals surface area (Å²) in [4.78, 5) is 19.1. The van der Waals surface area contributed by atoms with E-state index in [4.69, 9.17) is 4.74 Å². The number of methoxy groups -OCH3 is 1. The van der Waals surface area contributed by atoms with Crippen molar-refractivity contribution in [2.45, 2.75) is 13.0 Å². The molecule has 0 aliphatic carbocycles. The maximum Gasteiger partial charge on any atom is 0.255 e. The maximum absolute atomic E-state index is 12.4. The first-order valence-corrected chi connectivity index (χ1v) is 8.17. The quantitative estimate of drug-likeness (QED) is 0.895. The van der Waals surface area contributed by atoms with Crippen molar-refractivity contribution in [1.82, 2.24) is 9.88 Å². The van der Waals surface area contributed by atoms with Gasteiger partial charge in [0, 0.05) is 30.8 Å². The van der Waals surface area contributed by atoms with Crippen molar-refractivity contribution < 1.29 is 9.53 Å². The third-order valence-electron chi connectivity index (χ3n) is 3.90. The van der Waals surface area contributed by atoms with Gasteiger partial charge in [-0.1, -0.05) is 0 Å². The van der Waals surface area contributed by atoms with Gasteiger partial charge in [0.25, 0.3) is 5.91 Å². The molecule has 1 N–H and O–H groups in total. The van der Waals surface area contributed by atoms with Crippen LogP contribution in [0, 0.1) is 0 Å². The Morgan fingerprint density at radius 2 is 2.22 bits per heavy atom. The number of nitrogens with zero attached hydrogens (tertiary/aromatic N) is 2. The van der Waals surface area contributed by atoms with Crippen LogP contribution in [-0.4, -0.2) is 36.5 Å². The van der Waals surface area contributed by atoms with Gasteiger partial charge < -0.3 is 15.0 Å². The molecule has 23 heavy (non-hydrogen) atoms. The summed E-state index contributed by atoms with van der Waals surface area (Å²) >= 11 is 3.39. The third-order valence-corrected chi connectivity index (χ3v) is 4.52. The van der Waals surface area contributed by atoms with Crippen LogP contribution in [0.25, 0.3) is 0 Å². The Hall–Kier alpha value is -1.92. The van der Waals surface area contributed by atoms with Crippen LogP contribution in [0.4, 0.5) is 5.69 Å². The topological polar surface area (TPSA) is 54.5 Å². The van der Waals surface area contributed by atoms with E-state index in [1.807, 2.05) is 6.07 Å². The summed E-state index contributed by atoms with van der Waals surface area (Å²) in [5.41, 5.74) is 3.57. The summed E-state index contributed by atoms with van der Waals surface area (Å²) in [5.74, 6) is 0.527. The van der Waals surface area contributed by atoms with E-state index in [-0.39, 0.29) is 5.91 Å². The Bertz CT molecular complexity index is 749. The highest BCUT2D eigenvalue weighted by molar-refractivity contribution is 9.10. The van der Waals surface area contributed by atoms with Gasteiger partial charge in [0.2, 0.25) is 0 Å². The number of rotatable bonds is 3. The number of benzene rings is 1. The molecule has 2 aromatic rings. The second kappa shape index (κ2) is 6.68. The number of likely N-dealkylation sites (N-methyl/N-ethyl adjacent to an activating group) is 1. The molecule has 5 nitrogen and oxygen atoms in total. The van der Waals surface area contributed by atoms with Gasteiger partial charge in [0.05, 0.1) is 23.5 Å². The van der Waals surface area contributed by atoms with Gasteiger partial charge in [-0.3, -0.25) is 9.78 Å². The van der Waals surface area contributed by atoms with Crippen LogP contribution in [0.2, 0.25) is 0 Å². The lowest BCUT2D eigenvalue weighted by molar-refractivity contribution is 0.102. The Kier molecular flexibility index (Phi) is 4.63. The molecular weight excluding hydrogens is 358 g/mol. The van der Waals surface area contributed by atoms with E-state index >= 15 is 0 Å². The van der Waals surface area contributed by atoms with Crippen LogP contribution in [-0.2, 0) is 13.0 Å². The Labute approximate surface area is 143 Å². The number of carbonyl (C=O) groups is 1. The third kappa shape index (κ3) is 3.54. The van der Waals surface area contributed by atoms with Crippen molar-refractivity contribution in [2.75, 3.05) is 26.0 Å². The van der Waals surface area contributed by atoms with Crippen molar-refractivity contribution in [3.63, 3.8) is 0 Å². The molecule has 0 bridgehead atoms. The zero-order valence-corrected chi connectivity index (χ0v) is 14.7. The number of halogens is 1. The summed E-state index contributed by atoms with van der Waals surface area (Å²) in [5, 5.41) is 2.91. The van der Waals surface area contributed by atoms with Gasteiger partial charge in [-0.05, 0) is 52.8 Å². The molecular formula is C17H18BrN3O2. The van der Waals surface area contributed by atoms with Crippen LogP contribution in [0.15, 0.2) is 34.9 Å². The van der Waals surface area contributed by atoms with Crippen LogP contribution < -0.4 is 10.1 Å². The summed E-state index contributed by atoms with van der Waals surface area (Å²) in [6.07, 6.45) is 2.67. The number of amides is 1. The molecule has 0 atom stereocenters. The average molecular weight is 376 g/mol. The minimum Gasteiger partial charge on any atom is -0.496 e. The Balaban J connectivity index is 1.78. The van der Waals surface area contributed by atoms with Crippen LogP contribution in [0.1, 0.15) is 21.6 Å². The summed E-state index contributed by atoms with van der Waals surface area (Å²) < 4.78 is 5.93. The predicted molar refractivity (Wildman–Crippen MR) is 92.9 cm³/mol. The lowest BCUT2D eigenvalue weighted by atomic mass is 10.1. The molecule has 0 saturated heterocycles. The molecule has 1 aliphatic rings. The van der Waals surface area contributed by atoms with E-state index in [1.54, 1.807) is 31.5 Å². The molecule has 0 radical (unpaired) electrons. The lowest BCUT2D eigenvalue weighted by Gasteiger charge is -2.24. The van der Waals surface area contributed by atoms with Crippen molar-refractivity contribution >= 4 is 27.5 Å². The van der Waals surface area contributed by atoms with Crippen molar-refractivity contribution in [3.8, 4) is 5.75 Å². The molecule has 6 heteroatoms. The minimum absolute atomic E-state index is 0.167. The van der Waals surface area contributed by atoms with Crippen molar-refractivity contribution in [2.24, 2.45) is 0 Å². The first-order chi connectivity index (χ1) is 11.1. The van der Waals surface area contributed by atoms with Gasteiger partial charge in [0.1, 0.15) is 5.75 Å². The number of nitrogens with one attached hydrogen (secondary N) is 1. The van der Waals surface area contributed by atoms with Crippen molar-refractivity contribution in [1.29, 1.82) is 0 Å². The summed E-state index contributed by atoms with van der Waals surface area (Å²) in [7, 11) is 3.68. The fourth-order valence-corrected chi connectivity index (χ4v) is 3.19. The molecule has 1 aliphatic heterocycles. The second-order valence-corrected chi connectivity index (χ2v) is 6.48. The number of pyridine rings is 1. The van der Waals surface area contributed by atoms with E-state index in [0.717, 1.165) is 35.4 Å². The molecule has 0 fully saturated rings. The largest absolute Gasteiger partial charge is 0.496 e. The number of carbonyl (C=O) groups excluding carboxylic acids is 1. The van der Waals surface area contributed by atoms with E-state index in [2.05, 4.69) is 38.2 Å². The number of hydrogen-bond donors (Lipinski definition) is 1. The molecule has 1 aromatic carbocycles. The average Bonchev–Trinajstić information content (AvgIpc) is 2.54. The number of hydrogen-bond acceptors (Lipinski definition) is 4. The maximum atomic E-state index is 12.4. The molecule has 0 unspecified atom stereocenters. The minimum atomic E-state index is -0.167. The zero-order chi connectivity index (χ0) is 16.4. The fraction of sp³-hybridized carbons (Fsp3) is 0.294. The van der Waals surface area contributed by atoms with Gasteiger partial charge in [0.15, 0.2) is 0 Å². The normalized spacial score (nSPS) is 14.2. The monoisotopic (exact) mass is 375 g/mol. The second-order valence-electron chi connectivity index (χ2n) is 5.62. The van der Waals surface area contributed by atoms with E-state index in [9.17, 15) is 4.79 Å². The number of anilines is 1. The molecule has 2 heterocycles. The highest BCUT2D eigenvalue weighted by Crippen LogP contribution is 2.26. The molecule has 120 valence electrons. The molecule has 3 rings (SSSR count). The first kappa shape index (κ1) is 16.0. The van der Waals surface area contributed by atoms with E-state index in [0.29, 0.717) is 11.3 Å². The standard InChI is InChI=1S/C17H18BrN3O2/c1-21-6-5-15-12(10-21)7-13(9-19-15)20-17(22)11-3-4-16(23-2)14(18)8-11/h3-4,7-9H,5-6,10H2,1-2H3,(H,20,22). The molecule has 0 spiro atoms. The smallest absolute Gasteiger partial charge is 0.255 e. The zero-order valence-electron chi connectivity index (χ0n) is 13.1. The van der Waals surface area contributed by atoms with Gasteiger partial charge in [-0.2, -0.15) is 0 Å². The summed E-state index contributed by atoms with van der Waals surface area (Å²) in [6.45, 7) is 1.88. The highest BCUT2D eigenvalue weighted by atomic mass is 79.9. The first-order valence-electron chi connectivity index (χ1n) is 7.38. The highest BCUT2D eigenvalue weighted by Gasteiger charge is 2.16. The SMILES string of the molecule is COc1ccc(C(=O)Nc2cnc3c(c2)CN(C)CC3)cc1Br. The number of ether oxygens (including phenoxy) is 1. The molecule has 1 aromatic heterocycles. The van der Waals surface area contributed by atoms with Gasteiger partial charge in [-0.15, -0.1) is 0 Å². The fourth-order valence-electron chi connectivity index (χ4n) is 2.65. The van der Waals surface area contributed by atoms with E-state index in [1.165, 1.54) is 5.56 Å².